The van der Waals surface area contributed by atoms with E-state index in [1.54, 1.807) is 18.3 Å². The average molecular weight is 255 g/mol. The molecule has 0 unspecified atom stereocenters. The smallest absolute Gasteiger partial charge is 0.251 e. The molecule has 3 aromatic heterocycles. The van der Waals surface area contributed by atoms with Crippen molar-refractivity contribution in [2.24, 2.45) is 0 Å². The summed E-state index contributed by atoms with van der Waals surface area (Å²) in [5, 5.41) is 6.99. The van der Waals surface area contributed by atoms with Gasteiger partial charge in [0.1, 0.15) is 15.7 Å². The fraction of sp³-hybridized carbons (Fsp3) is 0. The van der Waals surface area contributed by atoms with E-state index in [0.29, 0.717) is 22.8 Å². The highest BCUT2D eigenvalue weighted by molar-refractivity contribution is 6.42. The van der Waals surface area contributed by atoms with Gasteiger partial charge >= 0.3 is 0 Å². The highest BCUT2D eigenvalue weighted by atomic mass is 35.5. The second-order valence-electron chi connectivity index (χ2n) is 3.05. The Balaban J connectivity index is 2.23. The molecule has 7 heteroatoms. The molecule has 0 amide bonds. The van der Waals surface area contributed by atoms with Crippen LogP contribution in [0.15, 0.2) is 22.7 Å². The molecule has 0 saturated heterocycles. The number of H-pyrrole nitrogens is 1. The van der Waals surface area contributed by atoms with E-state index in [1.165, 1.54) is 0 Å². The molecular weight excluding hydrogens is 251 g/mol. The van der Waals surface area contributed by atoms with E-state index in [9.17, 15) is 0 Å². The van der Waals surface area contributed by atoms with Crippen molar-refractivity contribution in [2.75, 3.05) is 0 Å². The standard InChI is InChI=1S/C9H4Cl2N4O/c10-5-6(14-15-7(5)11)9-13-4-2-1-3-12-8(4)16-9/h1-3H,(H,14,15). The summed E-state index contributed by atoms with van der Waals surface area (Å²) in [5.41, 5.74) is 1.46. The molecule has 1 N–H and O–H groups in total. The maximum Gasteiger partial charge on any atom is 0.251 e. The van der Waals surface area contributed by atoms with E-state index in [4.69, 9.17) is 27.6 Å². The van der Waals surface area contributed by atoms with Gasteiger partial charge in [-0.05, 0) is 12.1 Å². The van der Waals surface area contributed by atoms with Gasteiger partial charge in [0.25, 0.3) is 5.89 Å². The van der Waals surface area contributed by atoms with Crippen LogP contribution < -0.4 is 0 Å². The molecule has 0 aliphatic heterocycles. The number of aromatic nitrogens is 4. The molecule has 80 valence electrons. The molecule has 3 aromatic rings. The Kier molecular flexibility index (Phi) is 2.08. The van der Waals surface area contributed by atoms with E-state index in [1.807, 2.05) is 0 Å². The molecule has 0 spiro atoms. The highest BCUT2D eigenvalue weighted by Crippen LogP contribution is 2.31. The minimum atomic E-state index is 0.256. The summed E-state index contributed by atoms with van der Waals surface area (Å²) in [6, 6.07) is 3.56. The van der Waals surface area contributed by atoms with E-state index < -0.39 is 0 Å². The minimum absolute atomic E-state index is 0.256. The van der Waals surface area contributed by atoms with Gasteiger partial charge in [-0.1, -0.05) is 23.2 Å². The topological polar surface area (TPSA) is 67.6 Å². The third-order valence-corrected chi connectivity index (χ3v) is 2.77. The van der Waals surface area contributed by atoms with Gasteiger partial charge in [0.2, 0.25) is 5.71 Å². The van der Waals surface area contributed by atoms with Crippen LogP contribution in [0.4, 0.5) is 0 Å². The first-order chi connectivity index (χ1) is 7.75. The van der Waals surface area contributed by atoms with Crippen LogP contribution in [0.5, 0.6) is 0 Å². The third-order valence-electron chi connectivity index (χ3n) is 2.04. The fourth-order valence-corrected chi connectivity index (χ4v) is 1.62. The second-order valence-corrected chi connectivity index (χ2v) is 3.80. The predicted octanol–water partition coefficient (Wildman–Crippen LogP) is 2.92. The lowest BCUT2D eigenvalue weighted by Crippen LogP contribution is -1.77. The number of nitrogens with zero attached hydrogens (tertiary/aromatic N) is 3. The summed E-state index contributed by atoms with van der Waals surface area (Å²) in [5.74, 6) is 0.293. The van der Waals surface area contributed by atoms with Crippen LogP contribution in [-0.2, 0) is 0 Å². The van der Waals surface area contributed by atoms with Crippen LogP contribution >= 0.6 is 23.2 Å². The summed E-state index contributed by atoms with van der Waals surface area (Å²) in [7, 11) is 0. The van der Waals surface area contributed by atoms with Crippen molar-refractivity contribution in [2.45, 2.75) is 0 Å². The summed E-state index contributed by atoms with van der Waals surface area (Å²) in [6.45, 7) is 0. The lowest BCUT2D eigenvalue weighted by atomic mass is 10.4. The first-order valence-corrected chi connectivity index (χ1v) is 5.12. The van der Waals surface area contributed by atoms with E-state index in [2.05, 4.69) is 20.2 Å². The van der Waals surface area contributed by atoms with Gasteiger partial charge in [-0.2, -0.15) is 5.10 Å². The quantitative estimate of drug-likeness (QED) is 0.725. The van der Waals surface area contributed by atoms with Crippen LogP contribution in [0.3, 0.4) is 0 Å². The van der Waals surface area contributed by atoms with Gasteiger partial charge in [-0.15, -0.1) is 0 Å². The predicted molar refractivity (Wildman–Crippen MR) is 59.4 cm³/mol. The van der Waals surface area contributed by atoms with Gasteiger partial charge in [-0.3, -0.25) is 5.10 Å². The van der Waals surface area contributed by atoms with Crippen molar-refractivity contribution in [3.8, 4) is 11.6 Å². The Morgan fingerprint density at radius 3 is 2.88 bits per heavy atom. The molecule has 0 aliphatic carbocycles. The number of fused-ring (bicyclic) bond motifs is 1. The lowest BCUT2D eigenvalue weighted by Gasteiger charge is -1.86. The number of oxazole rings is 1. The molecule has 0 bridgehead atoms. The Morgan fingerprint density at radius 2 is 2.19 bits per heavy atom. The SMILES string of the molecule is Clc1[nH]nc(-c2nc3cccnc3o2)c1Cl. The summed E-state index contributed by atoms with van der Waals surface area (Å²) >= 11 is 11.7. The molecule has 3 rings (SSSR count). The number of hydrogen-bond donors (Lipinski definition) is 1. The maximum absolute atomic E-state index is 5.92. The van der Waals surface area contributed by atoms with Crippen molar-refractivity contribution >= 4 is 34.4 Å². The lowest BCUT2D eigenvalue weighted by molar-refractivity contribution is 0.604. The largest absolute Gasteiger partial charge is 0.416 e. The number of rotatable bonds is 1. The van der Waals surface area contributed by atoms with E-state index in [0.717, 1.165) is 0 Å². The van der Waals surface area contributed by atoms with Crippen molar-refractivity contribution < 1.29 is 4.42 Å². The number of halogens is 2. The molecule has 5 nitrogen and oxygen atoms in total. The molecule has 0 saturated carbocycles. The van der Waals surface area contributed by atoms with Gasteiger partial charge in [0, 0.05) is 6.20 Å². The number of nitrogens with one attached hydrogen (secondary N) is 1. The minimum Gasteiger partial charge on any atom is -0.416 e. The molecule has 0 aromatic carbocycles. The molecule has 0 fully saturated rings. The summed E-state index contributed by atoms with van der Waals surface area (Å²) in [6.07, 6.45) is 1.62. The fourth-order valence-electron chi connectivity index (χ4n) is 1.32. The zero-order valence-electron chi connectivity index (χ0n) is 7.74. The Labute approximate surface area is 99.4 Å². The third kappa shape index (κ3) is 1.36. The first kappa shape index (κ1) is 9.62. The number of aromatic amines is 1. The second kappa shape index (κ2) is 3.47. The molecule has 0 aliphatic rings. The summed E-state index contributed by atoms with van der Waals surface area (Å²) in [4.78, 5) is 8.22. The van der Waals surface area contributed by atoms with Crippen molar-refractivity contribution in [1.82, 2.24) is 20.2 Å². The number of hydrogen-bond acceptors (Lipinski definition) is 4. The van der Waals surface area contributed by atoms with Gasteiger partial charge in [0.05, 0.1) is 0 Å². The van der Waals surface area contributed by atoms with Crippen molar-refractivity contribution in [3.05, 3.63) is 28.5 Å². The Morgan fingerprint density at radius 1 is 1.31 bits per heavy atom. The van der Waals surface area contributed by atoms with Crippen LogP contribution in [0, 0.1) is 0 Å². The van der Waals surface area contributed by atoms with Crippen LogP contribution in [0.25, 0.3) is 22.8 Å². The normalized spacial score (nSPS) is 11.1. The Hall–Kier alpha value is -1.59. The maximum atomic E-state index is 5.92. The molecule has 0 atom stereocenters. The molecular formula is C9H4Cl2N4O. The Bertz CT molecular complexity index is 627. The first-order valence-electron chi connectivity index (χ1n) is 4.37. The zero-order chi connectivity index (χ0) is 11.1. The monoisotopic (exact) mass is 254 g/mol. The molecule has 16 heavy (non-hydrogen) atoms. The van der Waals surface area contributed by atoms with Crippen LogP contribution in [0.2, 0.25) is 10.2 Å². The molecule has 3 heterocycles. The van der Waals surface area contributed by atoms with Crippen molar-refractivity contribution in [3.63, 3.8) is 0 Å². The zero-order valence-corrected chi connectivity index (χ0v) is 9.25. The van der Waals surface area contributed by atoms with Crippen LogP contribution in [-0.4, -0.2) is 20.2 Å². The van der Waals surface area contributed by atoms with Gasteiger partial charge in [-0.25, -0.2) is 9.97 Å². The van der Waals surface area contributed by atoms with Crippen molar-refractivity contribution in [1.29, 1.82) is 0 Å². The average Bonchev–Trinajstić information content (AvgIpc) is 2.84. The van der Waals surface area contributed by atoms with Crippen LogP contribution in [0.1, 0.15) is 0 Å². The summed E-state index contributed by atoms with van der Waals surface area (Å²) < 4.78 is 5.40. The van der Waals surface area contributed by atoms with Gasteiger partial charge < -0.3 is 4.42 Å². The number of pyridine rings is 1. The van der Waals surface area contributed by atoms with E-state index in [-0.39, 0.29) is 10.2 Å². The highest BCUT2D eigenvalue weighted by Gasteiger charge is 2.17. The molecule has 0 radical (unpaired) electrons. The van der Waals surface area contributed by atoms with E-state index >= 15 is 0 Å². The van der Waals surface area contributed by atoms with Gasteiger partial charge in [0.15, 0.2) is 5.69 Å².